The van der Waals surface area contributed by atoms with Gasteiger partial charge in [0.25, 0.3) is 5.91 Å². The molecule has 9 nitrogen and oxygen atoms in total. The number of nitrogens with zero attached hydrogens (tertiary/aromatic N) is 6. The molecule has 0 unspecified atom stereocenters. The van der Waals surface area contributed by atoms with Crippen molar-refractivity contribution in [3.8, 4) is 11.3 Å². The third-order valence-electron chi connectivity index (χ3n) is 5.30. The second-order valence-electron chi connectivity index (χ2n) is 6.98. The molecule has 2 aliphatic rings. The van der Waals surface area contributed by atoms with E-state index in [1.165, 1.54) is 6.20 Å². The van der Waals surface area contributed by atoms with Crippen molar-refractivity contribution in [2.45, 2.75) is 25.2 Å². The van der Waals surface area contributed by atoms with Crippen LogP contribution in [0.2, 0.25) is 0 Å². The van der Waals surface area contributed by atoms with E-state index in [2.05, 4.69) is 20.3 Å². The van der Waals surface area contributed by atoms with Gasteiger partial charge in [0.15, 0.2) is 0 Å². The molecule has 0 bridgehead atoms. The lowest BCUT2D eigenvalue weighted by Gasteiger charge is -2.41. The molecule has 1 amide bonds. The number of anilines is 1. The number of carbonyl (C=O) groups excluding carboxylic acids is 1. The number of nitrogen functional groups attached to an aromatic ring is 1. The fourth-order valence-electron chi connectivity index (χ4n) is 3.90. The number of piperidine rings is 1. The lowest BCUT2D eigenvalue weighted by atomic mass is 9.99. The highest BCUT2D eigenvalue weighted by Crippen LogP contribution is 2.31. The molecule has 4 heterocycles. The van der Waals surface area contributed by atoms with Crippen LogP contribution in [-0.2, 0) is 11.3 Å². The molecule has 0 radical (unpaired) electrons. The Labute approximate surface area is 161 Å². The Kier molecular flexibility index (Phi) is 4.01. The van der Waals surface area contributed by atoms with Crippen LogP contribution in [0.15, 0.2) is 42.7 Å². The molecule has 1 saturated heterocycles. The van der Waals surface area contributed by atoms with Crippen molar-refractivity contribution >= 4 is 11.9 Å². The van der Waals surface area contributed by atoms with Gasteiger partial charge in [0.05, 0.1) is 41.9 Å². The summed E-state index contributed by atoms with van der Waals surface area (Å²) in [7, 11) is 0. The van der Waals surface area contributed by atoms with Crippen LogP contribution in [0.25, 0.3) is 11.3 Å². The first-order valence-electron chi connectivity index (χ1n) is 9.18. The van der Waals surface area contributed by atoms with Gasteiger partial charge in [-0.05, 0) is 6.42 Å². The summed E-state index contributed by atoms with van der Waals surface area (Å²) < 4.78 is 7.81. The molecule has 2 atom stereocenters. The Morgan fingerprint density at radius 3 is 2.93 bits per heavy atom. The Morgan fingerprint density at radius 2 is 2.07 bits per heavy atom. The second-order valence-corrected chi connectivity index (χ2v) is 6.98. The van der Waals surface area contributed by atoms with Crippen LogP contribution in [0.3, 0.4) is 0 Å². The molecule has 0 spiro atoms. The first-order valence-corrected chi connectivity index (χ1v) is 9.18. The summed E-state index contributed by atoms with van der Waals surface area (Å²) in [6.07, 6.45) is 4.00. The Balaban J connectivity index is 1.47. The Bertz CT molecular complexity index is 1020. The first kappa shape index (κ1) is 16.8. The zero-order valence-corrected chi connectivity index (χ0v) is 15.1. The second kappa shape index (κ2) is 6.68. The van der Waals surface area contributed by atoms with Gasteiger partial charge in [-0.2, -0.15) is 0 Å². The molecule has 5 rings (SSSR count). The number of rotatable bonds is 2. The van der Waals surface area contributed by atoms with E-state index in [0.29, 0.717) is 31.0 Å². The predicted octanol–water partition coefficient (Wildman–Crippen LogP) is 1.30. The lowest BCUT2D eigenvalue weighted by Crippen LogP contribution is -2.50. The molecule has 0 aliphatic carbocycles. The molecule has 2 aromatic heterocycles. The number of carbonyl (C=O) groups is 1. The molecule has 142 valence electrons. The third-order valence-corrected chi connectivity index (χ3v) is 5.30. The molecule has 2 N–H and O–H groups in total. The molecule has 3 aromatic rings. The maximum Gasteiger partial charge on any atom is 0.257 e. The maximum absolute atomic E-state index is 13.3. The van der Waals surface area contributed by atoms with Crippen molar-refractivity contribution < 1.29 is 9.53 Å². The summed E-state index contributed by atoms with van der Waals surface area (Å²) in [5.41, 5.74) is 8.53. The van der Waals surface area contributed by atoms with Gasteiger partial charge in [0.2, 0.25) is 5.95 Å². The van der Waals surface area contributed by atoms with E-state index < -0.39 is 0 Å². The Hall–Kier alpha value is -3.33. The van der Waals surface area contributed by atoms with E-state index in [0.717, 1.165) is 17.7 Å². The summed E-state index contributed by atoms with van der Waals surface area (Å²) in [5.74, 6) is 0.0200. The van der Waals surface area contributed by atoms with Crippen molar-refractivity contribution in [2.75, 3.05) is 18.8 Å². The average molecular weight is 377 g/mol. The fraction of sp³-hybridized carbons (Fsp3) is 0.316. The SMILES string of the molecule is Nc1ncc(C(=O)N2CC[C@@H]3OCc4cnnn4[C@@H]3C2)c(-c2ccccc2)n1. The van der Waals surface area contributed by atoms with Gasteiger partial charge >= 0.3 is 0 Å². The van der Waals surface area contributed by atoms with Crippen molar-refractivity contribution in [2.24, 2.45) is 0 Å². The molecule has 1 fully saturated rings. The van der Waals surface area contributed by atoms with Gasteiger partial charge in [-0.1, -0.05) is 35.5 Å². The number of amides is 1. The molecule has 9 heteroatoms. The highest BCUT2D eigenvalue weighted by Gasteiger charge is 2.38. The number of ether oxygens (including phenoxy) is 1. The van der Waals surface area contributed by atoms with Crippen molar-refractivity contribution in [3.63, 3.8) is 0 Å². The minimum Gasteiger partial charge on any atom is -0.370 e. The van der Waals surface area contributed by atoms with Crippen molar-refractivity contribution in [1.82, 2.24) is 29.9 Å². The first-order chi connectivity index (χ1) is 13.7. The van der Waals surface area contributed by atoms with Crippen LogP contribution in [0.4, 0.5) is 5.95 Å². The number of fused-ring (bicyclic) bond motifs is 3. The molecule has 0 saturated carbocycles. The molecule has 1 aromatic carbocycles. The van der Waals surface area contributed by atoms with E-state index >= 15 is 0 Å². The Morgan fingerprint density at radius 1 is 1.21 bits per heavy atom. The highest BCUT2D eigenvalue weighted by atomic mass is 16.5. The quantitative estimate of drug-likeness (QED) is 0.716. The monoisotopic (exact) mass is 377 g/mol. The van der Waals surface area contributed by atoms with Gasteiger partial charge in [0.1, 0.15) is 0 Å². The number of hydrogen-bond acceptors (Lipinski definition) is 7. The summed E-state index contributed by atoms with van der Waals surface area (Å²) in [6.45, 7) is 1.60. The van der Waals surface area contributed by atoms with Crippen LogP contribution in [0.1, 0.15) is 28.5 Å². The summed E-state index contributed by atoms with van der Waals surface area (Å²) in [5, 5.41) is 8.17. The predicted molar refractivity (Wildman–Crippen MR) is 100 cm³/mol. The molecular formula is C19H19N7O2. The van der Waals surface area contributed by atoms with Gasteiger partial charge in [-0.15, -0.1) is 5.10 Å². The minimum atomic E-state index is -0.121. The van der Waals surface area contributed by atoms with E-state index in [-0.39, 0.29) is 24.0 Å². The summed E-state index contributed by atoms with van der Waals surface area (Å²) >= 11 is 0. The zero-order chi connectivity index (χ0) is 19.1. The van der Waals surface area contributed by atoms with Crippen LogP contribution < -0.4 is 5.73 Å². The maximum atomic E-state index is 13.3. The molecule has 2 aliphatic heterocycles. The normalized spacial score (nSPS) is 21.1. The molecular weight excluding hydrogens is 358 g/mol. The number of likely N-dealkylation sites (tertiary alicyclic amines) is 1. The fourth-order valence-corrected chi connectivity index (χ4v) is 3.90. The van der Waals surface area contributed by atoms with Crippen LogP contribution in [-0.4, -0.2) is 55.0 Å². The topological polar surface area (TPSA) is 112 Å². The number of hydrogen-bond donors (Lipinski definition) is 1. The number of nitrogens with two attached hydrogens (primary N) is 1. The third kappa shape index (κ3) is 2.80. The van der Waals surface area contributed by atoms with Crippen LogP contribution >= 0.6 is 0 Å². The van der Waals surface area contributed by atoms with E-state index in [4.69, 9.17) is 10.5 Å². The highest BCUT2D eigenvalue weighted by molar-refractivity contribution is 5.99. The number of aromatic nitrogens is 5. The van der Waals surface area contributed by atoms with E-state index in [1.807, 2.05) is 39.9 Å². The van der Waals surface area contributed by atoms with Gasteiger partial charge in [-0.25, -0.2) is 14.6 Å². The minimum absolute atomic E-state index is 0.0366. The van der Waals surface area contributed by atoms with Crippen molar-refractivity contribution in [1.29, 1.82) is 0 Å². The van der Waals surface area contributed by atoms with E-state index in [9.17, 15) is 4.79 Å². The molecule has 28 heavy (non-hydrogen) atoms. The van der Waals surface area contributed by atoms with Crippen LogP contribution in [0.5, 0.6) is 0 Å². The summed E-state index contributed by atoms with van der Waals surface area (Å²) in [6, 6.07) is 9.48. The smallest absolute Gasteiger partial charge is 0.257 e. The summed E-state index contributed by atoms with van der Waals surface area (Å²) in [4.78, 5) is 23.5. The number of benzene rings is 1. The average Bonchev–Trinajstić information content (AvgIpc) is 3.23. The van der Waals surface area contributed by atoms with Crippen molar-refractivity contribution in [3.05, 3.63) is 54.0 Å². The lowest BCUT2D eigenvalue weighted by molar-refractivity contribution is -0.0605. The van der Waals surface area contributed by atoms with Gasteiger partial charge in [-0.3, -0.25) is 4.79 Å². The standard InChI is InChI=1S/C19H19N7O2/c20-19-21-9-14(17(23-19)12-4-2-1-3-5-12)18(27)25-7-6-16-15(10-25)26-13(11-28-16)8-22-24-26/h1-5,8-9,15-16H,6-7,10-11H2,(H2,20,21,23)/t15-,16+/m1/s1. The van der Waals surface area contributed by atoms with E-state index in [1.54, 1.807) is 6.20 Å². The van der Waals surface area contributed by atoms with Crippen LogP contribution in [0, 0.1) is 0 Å². The zero-order valence-electron chi connectivity index (χ0n) is 15.1. The van der Waals surface area contributed by atoms with Gasteiger partial charge < -0.3 is 15.4 Å². The van der Waals surface area contributed by atoms with Gasteiger partial charge in [0, 0.05) is 24.8 Å². The largest absolute Gasteiger partial charge is 0.370 e.